The van der Waals surface area contributed by atoms with Crippen molar-refractivity contribution in [1.29, 1.82) is 0 Å². The number of aromatic nitrogens is 3. The Labute approximate surface area is 141 Å². The molecule has 1 unspecified atom stereocenters. The number of benzene rings is 1. The fourth-order valence-corrected chi connectivity index (χ4v) is 2.66. The highest BCUT2D eigenvalue weighted by Crippen LogP contribution is 2.20. The Morgan fingerprint density at radius 2 is 1.71 bits per heavy atom. The maximum absolute atomic E-state index is 12.4. The number of aryl methyl sites for hydroxylation is 1. The van der Waals surface area contributed by atoms with Crippen LogP contribution in [0.15, 0.2) is 55.0 Å². The summed E-state index contributed by atoms with van der Waals surface area (Å²) < 4.78 is 1.81. The number of nitrogens with one attached hydrogen (secondary N) is 1. The van der Waals surface area contributed by atoms with Crippen LogP contribution in [0.2, 0.25) is 0 Å². The van der Waals surface area contributed by atoms with Crippen molar-refractivity contribution < 1.29 is 4.79 Å². The number of carbonyl (C=O) groups excluding carboxylic acids is 1. The highest BCUT2D eigenvalue weighted by atomic mass is 16.1. The molecule has 0 saturated heterocycles. The average molecular weight is 320 g/mol. The van der Waals surface area contributed by atoms with Gasteiger partial charge in [-0.25, -0.2) is 0 Å². The minimum absolute atomic E-state index is 0.0907. The summed E-state index contributed by atoms with van der Waals surface area (Å²) in [6, 6.07) is 11.4. The Kier molecular flexibility index (Phi) is 4.42. The van der Waals surface area contributed by atoms with Crippen LogP contribution in [0, 0.1) is 6.92 Å². The van der Waals surface area contributed by atoms with Crippen molar-refractivity contribution in [2.24, 2.45) is 7.05 Å². The van der Waals surface area contributed by atoms with E-state index in [-0.39, 0.29) is 11.9 Å². The predicted molar refractivity (Wildman–Crippen MR) is 93.5 cm³/mol. The molecule has 2 aromatic heterocycles. The normalized spacial score (nSPS) is 12.0. The van der Waals surface area contributed by atoms with Gasteiger partial charge in [0.2, 0.25) is 0 Å². The molecule has 2 heterocycles. The van der Waals surface area contributed by atoms with Crippen molar-refractivity contribution >= 4 is 5.91 Å². The van der Waals surface area contributed by atoms with Crippen molar-refractivity contribution in [1.82, 2.24) is 20.1 Å². The third-order valence-corrected chi connectivity index (χ3v) is 4.25. The molecule has 5 heteroatoms. The van der Waals surface area contributed by atoms with Crippen LogP contribution in [0.5, 0.6) is 0 Å². The summed E-state index contributed by atoms with van der Waals surface area (Å²) in [6.07, 6.45) is 5.31. The van der Waals surface area contributed by atoms with Gasteiger partial charge in [0.15, 0.2) is 0 Å². The predicted octanol–water partition coefficient (Wildman–Crippen LogP) is 3.28. The summed E-state index contributed by atoms with van der Waals surface area (Å²) in [4.78, 5) is 16.5. The quantitative estimate of drug-likeness (QED) is 0.802. The minimum atomic E-state index is -0.0916. The second kappa shape index (κ2) is 6.66. The lowest BCUT2D eigenvalue weighted by Gasteiger charge is -2.14. The third kappa shape index (κ3) is 3.20. The summed E-state index contributed by atoms with van der Waals surface area (Å²) in [5, 5.41) is 7.25. The molecule has 0 radical (unpaired) electrons. The van der Waals surface area contributed by atoms with Crippen LogP contribution in [0.25, 0.3) is 11.1 Å². The first-order chi connectivity index (χ1) is 11.6. The molecule has 0 aliphatic carbocycles. The standard InChI is InChI=1S/C19H20N4O/c1-13(18-12-21-23(3)14(18)2)22-19(24)17-6-4-15(5-7-17)16-8-10-20-11-9-16/h4-13H,1-3H3,(H,22,24). The van der Waals surface area contributed by atoms with E-state index in [1.165, 1.54) is 0 Å². The minimum Gasteiger partial charge on any atom is -0.345 e. The molecule has 3 rings (SSSR count). The fraction of sp³-hybridized carbons (Fsp3) is 0.211. The number of hydrogen-bond donors (Lipinski definition) is 1. The lowest BCUT2D eigenvalue weighted by Crippen LogP contribution is -2.26. The van der Waals surface area contributed by atoms with Crippen molar-refractivity contribution in [2.45, 2.75) is 19.9 Å². The molecule has 0 aliphatic rings. The Hall–Kier alpha value is -2.95. The third-order valence-electron chi connectivity index (χ3n) is 4.25. The fourth-order valence-electron chi connectivity index (χ4n) is 2.66. The van der Waals surface area contributed by atoms with Crippen LogP contribution in [-0.2, 0) is 7.05 Å². The van der Waals surface area contributed by atoms with E-state index in [0.29, 0.717) is 5.56 Å². The first-order valence-corrected chi connectivity index (χ1v) is 7.86. The van der Waals surface area contributed by atoms with Gasteiger partial charge in [0.1, 0.15) is 0 Å². The van der Waals surface area contributed by atoms with Gasteiger partial charge in [0.05, 0.1) is 12.2 Å². The molecule has 1 aromatic carbocycles. The van der Waals surface area contributed by atoms with Gasteiger partial charge < -0.3 is 5.32 Å². The Morgan fingerprint density at radius 3 is 2.29 bits per heavy atom. The van der Waals surface area contributed by atoms with E-state index in [1.807, 2.05) is 62.0 Å². The first kappa shape index (κ1) is 15.9. The molecule has 122 valence electrons. The maximum atomic E-state index is 12.4. The van der Waals surface area contributed by atoms with Gasteiger partial charge in [-0.2, -0.15) is 5.10 Å². The second-order valence-electron chi connectivity index (χ2n) is 5.82. The zero-order valence-electron chi connectivity index (χ0n) is 14.0. The van der Waals surface area contributed by atoms with E-state index >= 15 is 0 Å². The van der Waals surface area contributed by atoms with Crippen molar-refractivity contribution in [3.05, 3.63) is 71.8 Å². The van der Waals surface area contributed by atoms with E-state index in [0.717, 1.165) is 22.4 Å². The molecule has 1 N–H and O–H groups in total. The summed E-state index contributed by atoms with van der Waals surface area (Å²) >= 11 is 0. The number of nitrogens with zero attached hydrogens (tertiary/aromatic N) is 3. The zero-order valence-corrected chi connectivity index (χ0v) is 14.0. The summed E-state index contributed by atoms with van der Waals surface area (Å²) in [5.41, 5.74) is 4.86. The van der Waals surface area contributed by atoms with E-state index in [9.17, 15) is 4.79 Å². The van der Waals surface area contributed by atoms with Crippen LogP contribution in [-0.4, -0.2) is 20.7 Å². The molecule has 3 aromatic rings. The molecule has 0 saturated carbocycles. The smallest absolute Gasteiger partial charge is 0.251 e. The van der Waals surface area contributed by atoms with Gasteiger partial charge >= 0.3 is 0 Å². The van der Waals surface area contributed by atoms with Crippen LogP contribution in [0.1, 0.15) is 34.6 Å². The number of rotatable bonds is 4. The number of pyridine rings is 1. The van der Waals surface area contributed by atoms with Gasteiger partial charge in [0, 0.05) is 36.3 Å². The SMILES string of the molecule is Cc1c(C(C)NC(=O)c2ccc(-c3ccncc3)cc2)cnn1C. The van der Waals surface area contributed by atoms with Crippen molar-refractivity contribution in [2.75, 3.05) is 0 Å². The number of carbonyl (C=O) groups is 1. The van der Waals surface area contributed by atoms with E-state index in [4.69, 9.17) is 0 Å². The Balaban J connectivity index is 1.72. The van der Waals surface area contributed by atoms with Crippen molar-refractivity contribution in [3.63, 3.8) is 0 Å². The average Bonchev–Trinajstić information content (AvgIpc) is 2.95. The molecular formula is C19H20N4O. The molecule has 0 fully saturated rings. The Morgan fingerprint density at radius 1 is 1.08 bits per heavy atom. The Bertz CT molecular complexity index is 838. The molecular weight excluding hydrogens is 300 g/mol. The zero-order chi connectivity index (χ0) is 17.1. The van der Waals surface area contributed by atoms with E-state index in [2.05, 4.69) is 15.4 Å². The lowest BCUT2D eigenvalue weighted by molar-refractivity contribution is 0.0940. The number of amides is 1. The monoisotopic (exact) mass is 320 g/mol. The summed E-state index contributed by atoms with van der Waals surface area (Å²) in [5.74, 6) is -0.0907. The molecule has 24 heavy (non-hydrogen) atoms. The van der Waals surface area contributed by atoms with Crippen LogP contribution >= 0.6 is 0 Å². The van der Waals surface area contributed by atoms with Crippen LogP contribution < -0.4 is 5.32 Å². The van der Waals surface area contributed by atoms with Crippen LogP contribution in [0.4, 0.5) is 0 Å². The van der Waals surface area contributed by atoms with Gasteiger partial charge in [-0.05, 0) is 49.2 Å². The van der Waals surface area contributed by atoms with Gasteiger partial charge in [0.25, 0.3) is 5.91 Å². The topological polar surface area (TPSA) is 59.8 Å². The first-order valence-electron chi connectivity index (χ1n) is 7.86. The molecule has 0 aliphatic heterocycles. The largest absolute Gasteiger partial charge is 0.345 e. The highest BCUT2D eigenvalue weighted by molar-refractivity contribution is 5.94. The van der Waals surface area contributed by atoms with E-state index < -0.39 is 0 Å². The second-order valence-corrected chi connectivity index (χ2v) is 5.82. The lowest BCUT2D eigenvalue weighted by atomic mass is 10.0. The molecule has 1 atom stereocenters. The van der Waals surface area contributed by atoms with Crippen molar-refractivity contribution in [3.8, 4) is 11.1 Å². The van der Waals surface area contributed by atoms with E-state index in [1.54, 1.807) is 18.6 Å². The summed E-state index contributed by atoms with van der Waals surface area (Å²) in [6.45, 7) is 3.96. The van der Waals surface area contributed by atoms with Gasteiger partial charge in [-0.1, -0.05) is 12.1 Å². The maximum Gasteiger partial charge on any atom is 0.251 e. The number of hydrogen-bond acceptors (Lipinski definition) is 3. The summed E-state index contributed by atoms with van der Waals surface area (Å²) in [7, 11) is 1.89. The molecule has 1 amide bonds. The van der Waals surface area contributed by atoms with Gasteiger partial charge in [-0.3, -0.25) is 14.5 Å². The van der Waals surface area contributed by atoms with Gasteiger partial charge in [-0.15, -0.1) is 0 Å². The van der Waals surface area contributed by atoms with Crippen LogP contribution in [0.3, 0.4) is 0 Å². The molecule has 5 nitrogen and oxygen atoms in total. The highest BCUT2D eigenvalue weighted by Gasteiger charge is 2.15. The molecule has 0 spiro atoms. The molecule has 0 bridgehead atoms.